The minimum absolute atomic E-state index is 0.115. The fourth-order valence-corrected chi connectivity index (χ4v) is 3.16. The van der Waals surface area contributed by atoms with Gasteiger partial charge in [-0.05, 0) is 30.7 Å². The molecule has 1 fully saturated rings. The zero-order valence-corrected chi connectivity index (χ0v) is 11.1. The molecule has 1 heterocycles. The first-order valence-corrected chi connectivity index (χ1v) is 7.29. The van der Waals surface area contributed by atoms with Crippen LogP contribution in [0.5, 0.6) is 0 Å². The molecule has 98 valence electrons. The fourth-order valence-electron chi connectivity index (χ4n) is 2.11. The van der Waals surface area contributed by atoms with Crippen LogP contribution in [-0.4, -0.2) is 39.8 Å². The number of aryl methyl sites for hydroxylation is 1. The molecule has 0 aromatic heterocycles. The van der Waals surface area contributed by atoms with Crippen LogP contribution in [-0.2, 0) is 10.8 Å². The van der Waals surface area contributed by atoms with Crippen molar-refractivity contribution < 1.29 is 9.42 Å². The quantitative estimate of drug-likeness (QED) is 0.357. The number of amidine groups is 1. The van der Waals surface area contributed by atoms with Gasteiger partial charge in [0.25, 0.3) is 0 Å². The molecule has 0 saturated carbocycles. The maximum atomic E-state index is 11.3. The van der Waals surface area contributed by atoms with Crippen molar-refractivity contribution in [2.75, 3.05) is 29.5 Å². The Morgan fingerprint density at radius 2 is 2.11 bits per heavy atom. The first-order valence-electron chi connectivity index (χ1n) is 5.80. The highest BCUT2D eigenvalue weighted by atomic mass is 32.2. The lowest BCUT2D eigenvalue weighted by molar-refractivity contribution is 0.318. The zero-order chi connectivity index (χ0) is 13.1. The molecular formula is C12H17N3O2S. The molecule has 6 heteroatoms. The van der Waals surface area contributed by atoms with Crippen molar-refractivity contribution in [2.24, 2.45) is 10.9 Å². The van der Waals surface area contributed by atoms with E-state index in [2.05, 4.69) is 10.1 Å². The first kappa shape index (κ1) is 12.9. The summed E-state index contributed by atoms with van der Waals surface area (Å²) in [4.78, 5) is 2.23. The van der Waals surface area contributed by atoms with Gasteiger partial charge in [0.2, 0.25) is 0 Å². The van der Waals surface area contributed by atoms with Crippen LogP contribution in [0.4, 0.5) is 5.69 Å². The van der Waals surface area contributed by atoms with Crippen molar-refractivity contribution in [1.82, 2.24) is 0 Å². The summed E-state index contributed by atoms with van der Waals surface area (Å²) < 4.78 is 11.3. The third-order valence-electron chi connectivity index (χ3n) is 3.12. The second-order valence-electron chi connectivity index (χ2n) is 4.32. The Hall–Kier alpha value is -1.56. The molecule has 0 amide bonds. The van der Waals surface area contributed by atoms with Crippen molar-refractivity contribution in [2.45, 2.75) is 6.92 Å². The van der Waals surface area contributed by atoms with E-state index < -0.39 is 10.8 Å². The predicted molar refractivity (Wildman–Crippen MR) is 73.8 cm³/mol. The number of hydrogen-bond donors (Lipinski definition) is 2. The Morgan fingerprint density at radius 3 is 2.67 bits per heavy atom. The highest BCUT2D eigenvalue weighted by Gasteiger charge is 2.17. The number of rotatable bonds is 2. The molecule has 3 N–H and O–H groups in total. The minimum Gasteiger partial charge on any atom is -0.409 e. The lowest BCUT2D eigenvalue weighted by Gasteiger charge is -2.29. The second-order valence-corrected chi connectivity index (χ2v) is 6.02. The Kier molecular flexibility index (Phi) is 3.86. The van der Waals surface area contributed by atoms with Gasteiger partial charge in [0.05, 0.1) is 0 Å². The summed E-state index contributed by atoms with van der Waals surface area (Å²) in [6, 6.07) is 5.70. The molecule has 0 aliphatic carbocycles. The van der Waals surface area contributed by atoms with E-state index in [9.17, 15) is 4.21 Å². The SMILES string of the molecule is Cc1cc(C(N)=NO)ccc1N1CCS(=O)CC1. The predicted octanol–water partition coefficient (Wildman–Crippen LogP) is 0.658. The summed E-state index contributed by atoms with van der Waals surface area (Å²) in [5.74, 6) is 1.56. The summed E-state index contributed by atoms with van der Waals surface area (Å²) in [5.41, 5.74) is 8.47. The Morgan fingerprint density at radius 1 is 1.44 bits per heavy atom. The molecule has 1 aromatic rings. The van der Waals surface area contributed by atoms with Gasteiger partial charge in [0.1, 0.15) is 0 Å². The Labute approximate surface area is 109 Å². The van der Waals surface area contributed by atoms with Crippen LogP contribution in [0.25, 0.3) is 0 Å². The van der Waals surface area contributed by atoms with Gasteiger partial charge in [-0.1, -0.05) is 5.16 Å². The van der Waals surface area contributed by atoms with Gasteiger partial charge < -0.3 is 15.8 Å². The molecule has 0 spiro atoms. The van der Waals surface area contributed by atoms with E-state index in [1.165, 1.54) is 0 Å². The van der Waals surface area contributed by atoms with Crippen LogP contribution in [0.3, 0.4) is 0 Å². The summed E-state index contributed by atoms with van der Waals surface area (Å²) in [6.07, 6.45) is 0. The minimum atomic E-state index is -0.668. The molecule has 1 aliphatic heterocycles. The molecule has 0 unspecified atom stereocenters. The fraction of sp³-hybridized carbons (Fsp3) is 0.417. The number of benzene rings is 1. The van der Waals surface area contributed by atoms with Gasteiger partial charge in [0, 0.05) is 46.6 Å². The van der Waals surface area contributed by atoms with Gasteiger partial charge >= 0.3 is 0 Å². The maximum Gasteiger partial charge on any atom is 0.170 e. The summed E-state index contributed by atoms with van der Waals surface area (Å²) >= 11 is 0. The summed E-state index contributed by atoms with van der Waals surface area (Å²) in [6.45, 7) is 3.63. The first-order chi connectivity index (χ1) is 8.61. The Bertz CT molecular complexity index is 492. The molecule has 0 atom stereocenters. The lowest BCUT2D eigenvalue weighted by atomic mass is 10.1. The topological polar surface area (TPSA) is 78.9 Å². The van der Waals surface area contributed by atoms with Crippen molar-refractivity contribution >= 4 is 22.3 Å². The smallest absolute Gasteiger partial charge is 0.170 e. The van der Waals surface area contributed by atoms with Crippen LogP contribution in [0.1, 0.15) is 11.1 Å². The monoisotopic (exact) mass is 267 g/mol. The van der Waals surface area contributed by atoms with E-state index in [0.717, 1.165) is 35.8 Å². The molecular weight excluding hydrogens is 250 g/mol. The van der Waals surface area contributed by atoms with E-state index in [4.69, 9.17) is 10.9 Å². The number of nitrogens with zero attached hydrogens (tertiary/aromatic N) is 2. The van der Waals surface area contributed by atoms with E-state index in [0.29, 0.717) is 5.56 Å². The van der Waals surface area contributed by atoms with Crippen LogP contribution in [0.15, 0.2) is 23.4 Å². The molecule has 1 aromatic carbocycles. The molecule has 2 rings (SSSR count). The highest BCUT2D eigenvalue weighted by Crippen LogP contribution is 2.22. The van der Waals surface area contributed by atoms with Gasteiger partial charge in [-0.2, -0.15) is 0 Å². The molecule has 18 heavy (non-hydrogen) atoms. The second kappa shape index (κ2) is 5.39. The van der Waals surface area contributed by atoms with Gasteiger partial charge in [-0.15, -0.1) is 0 Å². The average molecular weight is 267 g/mol. The number of nitrogens with two attached hydrogens (primary N) is 1. The largest absolute Gasteiger partial charge is 0.409 e. The van der Waals surface area contributed by atoms with E-state index >= 15 is 0 Å². The van der Waals surface area contributed by atoms with Crippen molar-refractivity contribution in [3.63, 3.8) is 0 Å². The van der Waals surface area contributed by atoms with Crippen LogP contribution < -0.4 is 10.6 Å². The molecule has 5 nitrogen and oxygen atoms in total. The van der Waals surface area contributed by atoms with Crippen molar-refractivity contribution in [3.05, 3.63) is 29.3 Å². The third kappa shape index (κ3) is 2.64. The standard InChI is InChI=1S/C12H17N3O2S/c1-9-8-10(12(13)14-16)2-3-11(9)15-4-6-18(17)7-5-15/h2-3,8,16H,4-7H2,1H3,(H2,13,14). The Balaban J connectivity index is 2.22. The average Bonchev–Trinajstić information content (AvgIpc) is 2.39. The van der Waals surface area contributed by atoms with Gasteiger partial charge in [-0.25, -0.2) is 0 Å². The lowest BCUT2D eigenvalue weighted by Crippen LogP contribution is -2.38. The van der Waals surface area contributed by atoms with E-state index in [1.54, 1.807) is 0 Å². The molecule has 0 radical (unpaired) electrons. The summed E-state index contributed by atoms with van der Waals surface area (Å²) in [5, 5.41) is 11.6. The zero-order valence-electron chi connectivity index (χ0n) is 10.3. The maximum absolute atomic E-state index is 11.3. The van der Waals surface area contributed by atoms with Crippen LogP contribution in [0, 0.1) is 6.92 Å². The number of anilines is 1. The molecule has 1 saturated heterocycles. The number of oxime groups is 1. The van der Waals surface area contributed by atoms with Gasteiger partial charge in [-0.3, -0.25) is 4.21 Å². The molecule has 1 aliphatic rings. The summed E-state index contributed by atoms with van der Waals surface area (Å²) in [7, 11) is -0.668. The van der Waals surface area contributed by atoms with Gasteiger partial charge in [0.15, 0.2) is 5.84 Å². The third-order valence-corrected chi connectivity index (χ3v) is 4.39. The van der Waals surface area contributed by atoms with Crippen LogP contribution in [0.2, 0.25) is 0 Å². The van der Waals surface area contributed by atoms with E-state index in [1.807, 2.05) is 25.1 Å². The normalized spacial score (nSPS) is 18.1. The van der Waals surface area contributed by atoms with Crippen LogP contribution >= 0.6 is 0 Å². The van der Waals surface area contributed by atoms with Crippen molar-refractivity contribution in [1.29, 1.82) is 0 Å². The van der Waals surface area contributed by atoms with E-state index in [-0.39, 0.29) is 5.84 Å². The van der Waals surface area contributed by atoms with Crippen molar-refractivity contribution in [3.8, 4) is 0 Å². The highest BCUT2D eigenvalue weighted by molar-refractivity contribution is 7.85. The number of hydrogen-bond acceptors (Lipinski definition) is 4. The molecule has 0 bridgehead atoms.